The first-order valence-corrected chi connectivity index (χ1v) is 11.1. The molecular formula is C25H25F3N4O2. The van der Waals surface area contributed by atoms with Gasteiger partial charge in [0.05, 0.1) is 5.52 Å². The minimum Gasteiger partial charge on any atom is -0.382 e. The number of rotatable bonds is 5. The highest BCUT2D eigenvalue weighted by atomic mass is 19.4. The van der Waals surface area contributed by atoms with Crippen LogP contribution in [0.4, 0.5) is 24.5 Å². The summed E-state index contributed by atoms with van der Waals surface area (Å²) in [4.78, 5) is 27.4. The minimum atomic E-state index is -4.53. The number of carbonyl (C=O) groups is 2. The molecule has 2 amide bonds. The number of hydrogen-bond donors (Lipinski definition) is 3. The molecule has 178 valence electrons. The summed E-state index contributed by atoms with van der Waals surface area (Å²) < 4.78 is 39.9. The van der Waals surface area contributed by atoms with E-state index in [9.17, 15) is 22.8 Å². The third-order valence-electron chi connectivity index (χ3n) is 5.90. The van der Waals surface area contributed by atoms with E-state index in [2.05, 4.69) is 20.9 Å². The van der Waals surface area contributed by atoms with Crippen molar-refractivity contribution in [2.45, 2.75) is 50.9 Å². The predicted molar refractivity (Wildman–Crippen MR) is 125 cm³/mol. The fourth-order valence-corrected chi connectivity index (χ4v) is 4.22. The van der Waals surface area contributed by atoms with Crippen molar-refractivity contribution in [1.29, 1.82) is 0 Å². The Morgan fingerprint density at radius 3 is 2.24 bits per heavy atom. The summed E-state index contributed by atoms with van der Waals surface area (Å²) >= 11 is 0. The first kappa shape index (κ1) is 23.5. The number of fused-ring (bicyclic) bond motifs is 1. The van der Waals surface area contributed by atoms with Gasteiger partial charge in [-0.25, -0.2) is 4.98 Å². The van der Waals surface area contributed by atoms with Crippen LogP contribution in [-0.2, 0) is 11.0 Å². The normalized spacial score (nSPS) is 18.4. The number of carbonyl (C=O) groups excluding carboxylic acids is 2. The standard InChI is InChI=1S/C25H25F3N4O2/c1-15(33)29-17-8-6-16(7-9-17)24(34)31-19-12-10-18(11-13-19)30-22-14-23(25(26,27)28)32-21-5-3-2-4-20(21)22/h2-9,14,18-19H,10-13H2,1H3,(H,29,33)(H,30,32)(H,31,34). The smallest absolute Gasteiger partial charge is 0.382 e. The second kappa shape index (κ2) is 9.70. The van der Waals surface area contributed by atoms with Crippen molar-refractivity contribution >= 4 is 34.1 Å². The lowest BCUT2D eigenvalue weighted by molar-refractivity contribution is -0.140. The summed E-state index contributed by atoms with van der Waals surface area (Å²) in [6.07, 6.45) is -1.68. The van der Waals surface area contributed by atoms with Crippen LogP contribution in [-0.4, -0.2) is 28.9 Å². The van der Waals surface area contributed by atoms with Crippen LogP contribution in [0.25, 0.3) is 10.9 Å². The maximum Gasteiger partial charge on any atom is 0.433 e. The zero-order valence-corrected chi connectivity index (χ0v) is 18.6. The lowest BCUT2D eigenvalue weighted by Crippen LogP contribution is -2.40. The van der Waals surface area contributed by atoms with E-state index in [1.165, 1.54) is 6.92 Å². The fraction of sp³-hybridized carbons (Fsp3) is 0.320. The Labute approximate surface area is 195 Å². The van der Waals surface area contributed by atoms with Crippen LogP contribution < -0.4 is 16.0 Å². The summed E-state index contributed by atoms with van der Waals surface area (Å²) in [5.74, 6) is -0.377. The number of benzene rings is 2. The second-order valence-electron chi connectivity index (χ2n) is 8.49. The maximum atomic E-state index is 13.3. The van der Waals surface area contributed by atoms with Gasteiger partial charge in [0.15, 0.2) is 0 Å². The van der Waals surface area contributed by atoms with Crippen LogP contribution in [0.1, 0.15) is 48.7 Å². The van der Waals surface area contributed by atoms with Gasteiger partial charge in [0.1, 0.15) is 5.69 Å². The first-order valence-electron chi connectivity index (χ1n) is 11.1. The molecule has 3 N–H and O–H groups in total. The lowest BCUT2D eigenvalue weighted by atomic mass is 9.90. The number of aromatic nitrogens is 1. The molecular weight excluding hydrogens is 445 g/mol. The quantitative estimate of drug-likeness (QED) is 0.469. The van der Waals surface area contributed by atoms with Gasteiger partial charge in [-0.05, 0) is 62.1 Å². The lowest BCUT2D eigenvalue weighted by Gasteiger charge is -2.30. The molecule has 1 aliphatic rings. The van der Waals surface area contributed by atoms with E-state index in [0.29, 0.717) is 53.5 Å². The number of para-hydroxylation sites is 1. The molecule has 0 aliphatic heterocycles. The Morgan fingerprint density at radius 1 is 0.941 bits per heavy atom. The topological polar surface area (TPSA) is 83.1 Å². The average molecular weight is 470 g/mol. The summed E-state index contributed by atoms with van der Waals surface area (Å²) in [6, 6.07) is 14.5. The molecule has 6 nitrogen and oxygen atoms in total. The van der Waals surface area contributed by atoms with Crippen LogP contribution in [0.2, 0.25) is 0 Å². The highest BCUT2D eigenvalue weighted by Crippen LogP contribution is 2.34. The van der Waals surface area contributed by atoms with E-state index in [1.54, 1.807) is 48.5 Å². The molecule has 0 spiro atoms. The van der Waals surface area contributed by atoms with E-state index < -0.39 is 11.9 Å². The molecule has 4 rings (SSSR count). The van der Waals surface area contributed by atoms with Crippen molar-refractivity contribution in [3.63, 3.8) is 0 Å². The van der Waals surface area contributed by atoms with Gasteiger partial charge in [-0.15, -0.1) is 0 Å². The van der Waals surface area contributed by atoms with Gasteiger partial charge in [-0.2, -0.15) is 13.2 Å². The molecule has 2 aromatic carbocycles. The number of halogens is 3. The Kier molecular flexibility index (Phi) is 6.72. The van der Waals surface area contributed by atoms with Gasteiger partial charge >= 0.3 is 6.18 Å². The minimum absolute atomic E-state index is 0.00280. The van der Waals surface area contributed by atoms with E-state index >= 15 is 0 Å². The van der Waals surface area contributed by atoms with E-state index in [4.69, 9.17) is 0 Å². The van der Waals surface area contributed by atoms with Crippen LogP contribution in [0, 0.1) is 0 Å². The fourth-order valence-electron chi connectivity index (χ4n) is 4.22. The molecule has 3 aromatic rings. The molecule has 1 heterocycles. The van der Waals surface area contributed by atoms with Gasteiger partial charge in [0, 0.05) is 41.3 Å². The zero-order chi connectivity index (χ0) is 24.3. The number of pyridine rings is 1. The Hall–Kier alpha value is -3.62. The van der Waals surface area contributed by atoms with Gasteiger partial charge in [-0.3, -0.25) is 9.59 Å². The van der Waals surface area contributed by atoms with Gasteiger partial charge < -0.3 is 16.0 Å². The molecule has 1 aromatic heterocycles. The number of anilines is 2. The highest BCUT2D eigenvalue weighted by Gasteiger charge is 2.34. The number of nitrogens with zero attached hydrogens (tertiary/aromatic N) is 1. The summed E-state index contributed by atoms with van der Waals surface area (Å²) in [6.45, 7) is 1.41. The van der Waals surface area contributed by atoms with Crippen molar-refractivity contribution in [3.05, 3.63) is 65.9 Å². The first-order chi connectivity index (χ1) is 16.2. The molecule has 0 atom stereocenters. The molecule has 1 saturated carbocycles. The Bertz CT molecular complexity index is 1190. The van der Waals surface area contributed by atoms with Crippen molar-refractivity contribution in [2.75, 3.05) is 10.6 Å². The molecule has 0 radical (unpaired) electrons. The predicted octanol–water partition coefficient (Wildman–Crippen LogP) is 5.37. The van der Waals surface area contributed by atoms with Crippen LogP contribution in [0.3, 0.4) is 0 Å². The van der Waals surface area contributed by atoms with Gasteiger partial charge in [0.25, 0.3) is 5.91 Å². The van der Waals surface area contributed by atoms with Crippen molar-refractivity contribution in [3.8, 4) is 0 Å². The van der Waals surface area contributed by atoms with E-state index in [-0.39, 0.29) is 23.9 Å². The number of hydrogen-bond acceptors (Lipinski definition) is 4. The van der Waals surface area contributed by atoms with E-state index in [0.717, 1.165) is 6.07 Å². The SMILES string of the molecule is CC(=O)Nc1ccc(C(=O)NC2CCC(Nc3cc(C(F)(F)F)nc4ccccc34)CC2)cc1. The van der Waals surface area contributed by atoms with E-state index in [1.807, 2.05) is 0 Å². The third kappa shape index (κ3) is 5.65. The average Bonchev–Trinajstić information content (AvgIpc) is 2.80. The summed E-state index contributed by atoms with van der Waals surface area (Å²) in [5.41, 5.74) is 0.916. The Morgan fingerprint density at radius 2 is 1.59 bits per heavy atom. The highest BCUT2D eigenvalue weighted by molar-refractivity contribution is 5.95. The molecule has 9 heteroatoms. The molecule has 0 bridgehead atoms. The van der Waals surface area contributed by atoms with Gasteiger partial charge in [-0.1, -0.05) is 18.2 Å². The summed E-state index contributed by atoms with van der Waals surface area (Å²) in [5, 5.41) is 9.60. The summed E-state index contributed by atoms with van der Waals surface area (Å²) in [7, 11) is 0. The van der Waals surface area contributed by atoms with Gasteiger partial charge in [0.2, 0.25) is 5.91 Å². The largest absolute Gasteiger partial charge is 0.433 e. The molecule has 0 unspecified atom stereocenters. The third-order valence-corrected chi connectivity index (χ3v) is 5.90. The Balaban J connectivity index is 1.37. The number of alkyl halides is 3. The van der Waals surface area contributed by atoms with Crippen molar-refractivity contribution in [2.24, 2.45) is 0 Å². The number of amides is 2. The maximum absolute atomic E-state index is 13.3. The van der Waals surface area contributed by atoms with Crippen LogP contribution in [0.15, 0.2) is 54.6 Å². The molecule has 1 fully saturated rings. The van der Waals surface area contributed by atoms with Crippen molar-refractivity contribution < 1.29 is 22.8 Å². The monoisotopic (exact) mass is 470 g/mol. The number of nitrogens with one attached hydrogen (secondary N) is 3. The van der Waals surface area contributed by atoms with Crippen LogP contribution in [0.5, 0.6) is 0 Å². The molecule has 0 saturated heterocycles. The van der Waals surface area contributed by atoms with Crippen molar-refractivity contribution in [1.82, 2.24) is 10.3 Å². The second-order valence-corrected chi connectivity index (χ2v) is 8.49. The van der Waals surface area contributed by atoms with Crippen LogP contribution >= 0.6 is 0 Å². The zero-order valence-electron chi connectivity index (χ0n) is 18.6. The molecule has 1 aliphatic carbocycles. The molecule has 34 heavy (non-hydrogen) atoms.